The molecule has 0 N–H and O–H groups in total. The molecule has 39 heavy (non-hydrogen) atoms. The molecule has 0 bridgehead atoms. The summed E-state index contributed by atoms with van der Waals surface area (Å²) in [6, 6.07) is 0. The second-order valence-electron chi connectivity index (χ2n) is 13.5. The number of likely N-dealkylation sites (tertiary alicyclic amines) is 1. The highest BCUT2D eigenvalue weighted by Crippen LogP contribution is 2.51. The second-order valence-corrected chi connectivity index (χ2v) is 15.4. The van der Waals surface area contributed by atoms with Crippen LogP contribution in [0.15, 0.2) is 18.3 Å². The van der Waals surface area contributed by atoms with Crippen LogP contribution in [0, 0.1) is 29.1 Å². The van der Waals surface area contributed by atoms with Crippen LogP contribution in [0.25, 0.3) is 0 Å². The van der Waals surface area contributed by atoms with E-state index in [1.54, 1.807) is 4.31 Å². The van der Waals surface area contributed by atoms with Crippen molar-refractivity contribution in [2.45, 2.75) is 97.4 Å². The molecule has 7 nitrogen and oxygen atoms in total. The fourth-order valence-electron chi connectivity index (χ4n) is 8.41. The van der Waals surface area contributed by atoms with Gasteiger partial charge in [-0.2, -0.15) is 5.10 Å². The Morgan fingerprint density at radius 1 is 0.974 bits per heavy atom. The van der Waals surface area contributed by atoms with E-state index < -0.39 is 10.0 Å². The molecule has 2 saturated heterocycles. The molecule has 3 aliphatic heterocycles. The number of carbonyl (C=O) groups is 1. The van der Waals surface area contributed by atoms with Gasteiger partial charge in [-0.3, -0.25) is 9.48 Å². The van der Waals surface area contributed by atoms with E-state index >= 15 is 0 Å². The number of rotatable bonds is 3. The first kappa shape index (κ1) is 28.8. The van der Waals surface area contributed by atoms with Crippen LogP contribution in [0.4, 0.5) is 0 Å². The van der Waals surface area contributed by atoms with Crippen LogP contribution in [0.3, 0.4) is 0 Å². The third-order valence-electron chi connectivity index (χ3n) is 10.3. The maximum Gasteiger partial charge on any atom is 0.257 e. The second kappa shape index (κ2) is 12.1. The Hall–Kier alpha value is -1.67. The minimum absolute atomic E-state index is 0.139. The van der Waals surface area contributed by atoms with Gasteiger partial charge < -0.3 is 4.90 Å². The summed E-state index contributed by atoms with van der Waals surface area (Å²) < 4.78 is 28.4. The number of nitrogens with zero attached hydrogens (tertiary/aromatic N) is 4. The lowest BCUT2D eigenvalue weighted by Crippen LogP contribution is -2.49. The van der Waals surface area contributed by atoms with Crippen LogP contribution in [0.2, 0.25) is 0 Å². The first-order valence-electron chi connectivity index (χ1n) is 15.6. The van der Waals surface area contributed by atoms with Crippen molar-refractivity contribution in [1.82, 2.24) is 19.0 Å². The third-order valence-corrected chi connectivity index (χ3v) is 11.6. The van der Waals surface area contributed by atoms with Gasteiger partial charge in [0, 0.05) is 32.7 Å². The van der Waals surface area contributed by atoms with E-state index in [0.29, 0.717) is 36.8 Å². The summed E-state index contributed by atoms with van der Waals surface area (Å²) in [6.07, 6.45) is 21.5. The summed E-state index contributed by atoms with van der Waals surface area (Å²) in [5.74, 6) is 2.13. The van der Waals surface area contributed by atoms with E-state index in [1.165, 1.54) is 51.2 Å². The number of amides is 1. The first-order valence-corrected chi connectivity index (χ1v) is 17.5. The molecule has 218 valence electrons. The van der Waals surface area contributed by atoms with Crippen molar-refractivity contribution in [1.29, 1.82) is 0 Å². The average molecular weight is 559 g/mol. The summed E-state index contributed by atoms with van der Waals surface area (Å²) in [7, 11) is -3.16. The van der Waals surface area contributed by atoms with Crippen LogP contribution in [0.5, 0.6) is 0 Å². The molecule has 0 saturated carbocycles. The number of piperidine rings is 2. The Morgan fingerprint density at radius 3 is 2.38 bits per heavy atom. The van der Waals surface area contributed by atoms with Crippen molar-refractivity contribution in [3.63, 3.8) is 0 Å². The lowest BCUT2D eigenvalue weighted by molar-refractivity contribution is 0.0117. The van der Waals surface area contributed by atoms with Gasteiger partial charge in [0.1, 0.15) is 0 Å². The molecule has 1 aromatic rings. The Kier molecular flexibility index (Phi) is 8.92. The maximum absolute atomic E-state index is 13.8. The predicted molar refractivity (Wildman–Crippen MR) is 156 cm³/mol. The highest BCUT2D eigenvalue weighted by molar-refractivity contribution is 7.88. The van der Waals surface area contributed by atoms with Gasteiger partial charge in [0.15, 0.2) is 0 Å². The van der Waals surface area contributed by atoms with Crippen LogP contribution < -0.4 is 0 Å². The van der Waals surface area contributed by atoms with Crippen LogP contribution in [0.1, 0.15) is 101 Å². The lowest BCUT2D eigenvalue weighted by Gasteiger charge is -2.50. The van der Waals surface area contributed by atoms with Crippen molar-refractivity contribution >= 4 is 15.9 Å². The number of carbonyl (C=O) groups excluding carboxylic acids is 1. The third kappa shape index (κ3) is 6.47. The molecule has 2 fully saturated rings. The fraction of sp³-hybridized carbons (Fsp3) is 0.806. The van der Waals surface area contributed by atoms with E-state index in [9.17, 15) is 13.2 Å². The molecule has 4 unspecified atom stereocenters. The molecule has 1 amide bonds. The molecule has 0 radical (unpaired) electrons. The van der Waals surface area contributed by atoms with Crippen molar-refractivity contribution in [3.05, 3.63) is 29.6 Å². The smallest absolute Gasteiger partial charge is 0.257 e. The molecule has 1 spiro atoms. The number of hydrogen-bond acceptors (Lipinski definition) is 4. The van der Waals surface area contributed by atoms with Gasteiger partial charge in [-0.25, -0.2) is 12.7 Å². The quantitative estimate of drug-likeness (QED) is 0.458. The van der Waals surface area contributed by atoms with Crippen molar-refractivity contribution < 1.29 is 13.2 Å². The molecule has 4 aliphatic rings. The van der Waals surface area contributed by atoms with Crippen LogP contribution in [-0.4, -0.2) is 65.7 Å². The average Bonchev–Trinajstić information content (AvgIpc) is 3.27. The molecule has 5 rings (SSSR count). The summed E-state index contributed by atoms with van der Waals surface area (Å²) in [5.41, 5.74) is 2.07. The predicted octanol–water partition coefficient (Wildman–Crippen LogP) is 5.52. The van der Waals surface area contributed by atoms with Gasteiger partial charge in [0.2, 0.25) is 10.0 Å². The van der Waals surface area contributed by atoms with E-state index in [2.05, 4.69) is 35.6 Å². The zero-order chi connectivity index (χ0) is 27.6. The van der Waals surface area contributed by atoms with Gasteiger partial charge in [-0.15, -0.1) is 0 Å². The SMILES string of the molecule is CC1CC(C)CN(C(=O)c2cnn3c2CC(C2CCN(S(C)(=O)=O)CC2)C2(CC/C=C\CCCCCC2)C3)C1. The number of aromatic nitrogens is 2. The van der Waals surface area contributed by atoms with Crippen molar-refractivity contribution in [2.24, 2.45) is 29.1 Å². The van der Waals surface area contributed by atoms with Gasteiger partial charge in [0.25, 0.3) is 5.91 Å². The lowest BCUT2D eigenvalue weighted by atomic mass is 9.59. The van der Waals surface area contributed by atoms with Gasteiger partial charge in [-0.1, -0.05) is 45.3 Å². The Balaban J connectivity index is 1.45. The minimum Gasteiger partial charge on any atom is -0.338 e. The Labute approximate surface area is 236 Å². The van der Waals surface area contributed by atoms with Gasteiger partial charge in [0.05, 0.1) is 23.7 Å². The summed E-state index contributed by atoms with van der Waals surface area (Å²) in [4.78, 5) is 15.9. The standard InChI is InChI=1S/C31H50N4O3S/c1-24-18-25(2)22-33(21-24)30(36)27-20-32-35-23-31(14-10-8-6-4-5-7-9-11-15-31)28(19-29(27)35)26-12-16-34(17-13-26)39(3,37)38/h6,8,20,24-26,28H,4-5,7,9-19,21-23H2,1-3H3/b8-6-. The van der Waals surface area contributed by atoms with Crippen LogP contribution >= 0.6 is 0 Å². The number of fused-ring (bicyclic) bond motifs is 1. The molecule has 4 atom stereocenters. The van der Waals surface area contributed by atoms with E-state index in [0.717, 1.165) is 63.0 Å². The number of allylic oxidation sites excluding steroid dienone is 2. The zero-order valence-electron chi connectivity index (χ0n) is 24.5. The normalized spacial score (nSPS) is 32.9. The molecule has 4 heterocycles. The maximum atomic E-state index is 13.8. The molecule has 8 heteroatoms. The minimum atomic E-state index is -3.16. The van der Waals surface area contributed by atoms with Crippen molar-refractivity contribution in [3.8, 4) is 0 Å². The first-order chi connectivity index (χ1) is 18.7. The van der Waals surface area contributed by atoms with Gasteiger partial charge >= 0.3 is 0 Å². The monoisotopic (exact) mass is 558 g/mol. The Morgan fingerprint density at radius 2 is 1.67 bits per heavy atom. The largest absolute Gasteiger partial charge is 0.338 e. The summed E-state index contributed by atoms with van der Waals surface area (Å²) in [5, 5.41) is 4.86. The zero-order valence-corrected chi connectivity index (χ0v) is 25.3. The van der Waals surface area contributed by atoms with Crippen LogP contribution in [-0.2, 0) is 23.0 Å². The highest BCUT2D eigenvalue weighted by atomic mass is 32.2. The van der Waals surface area contributed by atoms with E-state index in [1.807, 2.05) is 6.20 Å². The van der Waals surface area contributed by atoms with E-state index in [4.69, 9.17) is 5.10 Å². The van der Waals surface area contributed by atoms with E-state index in [-0.39, 0.29) is 11.3 Å². The molecular formula is C31H50N4O3S. The summed E-state index contributed by atoms with van der Waals surface area (Å²) in [6.45, 7) is 8.28. The topological polar surface area (TPSA) is 75.5 Å². The molecule has 0 aromatic carbocycles. The number of sulfonamides is 1. The number of hydrogen-bond donors (Lipinski definition) is 0. The molecule has 1 aromatic heterocycles. The molecular weight excluding hydrogens is 508 g/mol. The highest BCUT2D eigenvalue weighted by Gasteiger charge is 2.48. The molecule has 1 aliphatic carbocycles. The van der Waals surface area contributed by atoms with Gasteiger partial charge in [-0.05, 0) is 86.9 Å². The fourth-order valence-corrected chi connectivity index (χ4v) is 9.28. The Bertz CT molecular complexity index is 1130. The van der Waals surface area contributed by atoms with Crippen molar-refractivity contribution in [2.75, 3.05) is 32.4 Å². The summed E-state index contributed by atoms with van der Waals surface area (Å²) >= 11 is 0.